The summed E-state index contributed by atoms with van der Waals surface area (Å²) in [4.78, 5) is 17.5. The third-order valence-electron chi connectivity index (χ3n) is 6.97. The van der Waals surface area contributed by atoms with Gasteiger partial charge in [0.15, 0.2) is 17.3 Å². The standard InChI is InChI=1S/C27H28FN5O3/c1-17-4-6-22-24(33(17)27(34)35-3)8-7-21(18-15-31-32(16-18)20-10-12-30-13-11-20)26(22)36-25-9-5-19(29-2)14-23(25)28/h5,7-9,14-17,20,30H,4,6,10-13H2,1,3H3/t17-/m0/s1. The zero-order valence-electron chi connectivity index (χ0n) is 20.3. The molecule has 8 nitrogen and oxygen atoms in total. The molecule has 36 heavy (non-hydrogen) atoms. The maximum Gasteiger partial charge on any atom is 0.414 e. The number of nitrogens with one attached hydrogen (secondary N) is 1. The first kappa shape index (κ1) is 23.8. The van der Waals surface area contributed by atoms with Crippen LogP contribution in [0.1, 0.15) is 37.8 Å². The van der Waals surface area contributed by atoms with E-state index in [1.54, 1.807) is 11.1 Å². The molecule has 1 atom stereocenters. The number of carbonyl (C=O) groups is 1. The summed E-state index contributed by atoms with van der Waals surface area (Å²) >= 11 is 0. The summed E-state index contributed by atoms with van der Waals surface area (Å²) in [6.07, 6.45) is 6.71. The molecule has 0 spiro atoms. The van der Waals surface area contributed by atoms with Crippen molar-refractivity contribution in [3.8, 4) is 22.6 Å². The van der Waals surface area contributed by atoms with Gasteiger partial charge < -0.3 is 14.8 Å². The molecule has 3 heterocycles. The summed E-state index contributed by atoms with van der Waals surface area (Å²) in [5.41, 5.74) is 3.31. The molecule has 0 unspecified atom stereocenters. The maximum atomic E-state index is 14.9. The first-order valence-electron chi connectivity index (χ1n) is 12.1. The van der Waals surface area contributed by atoms with E-state index >= 15 is 0 Å². The fourth-order valence-corrected chi connectivity index (χ4v) is 5.03. The highest BCUT2D eigenvalue weighted by atomic mass is 19.1. The molecular formula is C27H28FN5O3. The van der Waals surface area contributed by atoms with E-state index < -0.39 is 11.9 Å². The number of rotatable bonds is 4. The Morgan fingerprint density at radius 2 is 2.03 bits per heavy atom. The molecule has 0 bridgehead atoms. The second kappa shape index (κ2) is 9.99. The largest absolute Gasteiger partial charge is 0.453 e. The van der Waals surface area contributed by atoms with Gasteiger partial charge in [-0.25, -0.2) is 14.0 Å². The van der Waals surface area contributed by atoms with Gasteiger partial charge in [0.1, 0.15) is 5.75 Å². The van der Waals surface area contributed by atoms with Crippen LogP contribution in [-0.4, -0.2) is 42.1 Å². The van der Waals surface area contributed by atoms with E-state index in [4.69, 9.17) is 16.0 Å². The molecular weight excluding hydrogens is 461 g/mol. The lowest BCUT2D eigenvalue weighted by Gasteiger charge is -2.35. The number of hydrogen-bond donors (Lipinski definition) is 1. The molecule has 1 aromatic heterocycles. The lowest BCUT2D eigenvalue weighted by Crippen LogP contribution is -2.42. The number of benzene rings is 2. The number of hydrogen-bond acceptors (Lipinski definition) is 5. The van der Waals surface area contributed by atoms with E-state index in [1.807, 2.05) is 29.9 Å². The van der Waals surface area contributed by atoms with Crippen LogP contribution in [0.15, 0.2) is 42.7 Å². The Morgan fingerprint density at radius 3 is 2.75 bits per heavy atom. The molecule has 2 aromatic carbocycles. The average Bonchev–Trinajstić information content (AvgIpc) is 3.40. The summed E-state index contributed by atoms with van der Waals surface area (Å²) < 4.78 is 28.2. The first-order chi connectivity index (χ1) is 17.5. The SMILES string of the molecule is [C-]#[N+]c1ccc(Oc2c(-c3cnn(C4CCNCC4)c3)ccc3c2CC[C@H](C)N3C(=O)OC)c(F)c1. The second-order valence-electron chi connectivity index (χ2n) is 9.19. The molecule has 1 amide bonds. The van der Waals surface area contributed by atoms with Crippen LogP contribution in [0.2, 0.25) is 0 Å². The van der Waals surface area contributed by atoms with Crippen molar-refractivity contribution in [2.45, 2.75) is 44.7 Å². The topological polar surface area (TPSA) is 73.0 Å². The molecule has 1 N–H and O–H groups in total. The van der Waals surface area contributed by atoms with Crippen molar-refractivity contribution in [2.24, 2.45) is 0 Å². The van der Waals surface area contributed by atoms with Crippen LogP contribution in [0, 0.1) is 12.4 Å². The van der Waals surface area contributed by atoms with Gasteiger partial charge in [0.25, 0.3) is 0 Å². The monoisotopic (exact) mass is 489 g/mol. The van der Waals surface area contributed by atoms with Crippen LogP contribution in [0.3, 0.4) is 0 Å². The molecule has 186 valence electrons. The van der Waals surface area contributed by atoms with Crippen LogP contribution >= 0.6 is 0 Å². The Bertz CT molecular complexity index is 1330. The van der Waals surface area contributed by atoms with Crippen LogP contribution < -0.4 is 15.0 Å². The Morgan fingerprint density at radius 1 is 1.22 bits per heavy atom. The van der Waals surface area contributed by atoms with Crippen molar-refractivity contribution >= 4 is 17.5 Å². The van der Waals surface area contributed by atoms with E-state index in [0.29, 0.717) is 30.3 Å². The van der Waals surface area contributed by atoms with Gasteiger partial charge in [-0.3, -0.25) is 9.58 Å². The summed E-state index contributed by atoms with van der Waals surface area (Å²) in [7, 11) is 1.36. The third kappa shape index (κ3) is 4.40. The van der Waals surface area contributed by atoms with Crippen LogP contribution in [0.25, 0.3) is 16.0 Å². The van der Waals surface area contributed by atoms with Gasteiger partial charge >= 0.3 is 6.09 Å². The van der Waals surface area contributed by atoms with Gasteiger partial charge in [0.2, 0.25) is 0 Å². The Labute approximate surface area is 209 Å². The fourth-order valence-electron chi connectivity index (χ4n) is 5.03. The predicted molar refractivity (Wildman–Crippen MR) is 134 cm³/mol. The molecule has 0 saturated carbocycles. The Kier molecular flexibility index (Phi) is 6.61. The van der Waals surface area contributed by atoms with Crippen LogP contribution in [0.5, 0.6) is 11.5 Å². The van der Waals surface area contributed by atoms with Crippen molar-refractivity contribution in [3.05, 3.63) is 65.5 Å². The highest BCUT2D eigenvalue weighted by Gasteiger charge is 2.33. The van der Waals surface area contributed by atoms with E-state index in [-0.39, 0.29) is 17.5 Å². The van der Waals surface area contributed by atoms with Crippen molar-refractivity contribution in [1.29, 1.82) is 0 Å². The zero-order chi connectivity index (χ0) is 25.2. The Balaban J connectivity index is 1.62. The number of nitrogens with zero attached hydrogens (tertiary/aromatic N) is 4. The number of piperidine rings is 1. The molecule has 5 rings (SSSR count). The molecule has 2 aliphatic rings. The smallest absolute Gasteiger partial charge is 0.414 e. The van der Waals surface area contributed by atoms with Gasteiger partial charge in [-0.05, 0) is 70.0 Å². The number of aromatic nitrogens is 2. The van der Waals surface area contributed by atoms with Crippen molar-refractivity contribution < 1.29 is 18.7 Å². The summed E-state index contributed by atoms with van der Waals surface area (Å²) in [6, 6.07) is 8.20. The molecule has 9 heteroatoms. The van der Waals surface area contributed by atoms with Gasteiger partial charge in [-0.1, -0.05) is 6.07 Å². The number of ether oxygens (including phenoxy) is 2. The van der Waals surface area contributed by atoms with Crippen molar-refractivity contribution in [1.82, 2.24) is 15.1 Å². The minimum absolute atomic E-state index is 0.0195. The highest BCUT2D eigenvalue weighted by molar-refractivity contribution is 5.92. The van der Waals surface area contributed by atoms with Gasteiger partial charge in [-0.15, -0.1) is 0 Å². The summed E-state index contributed by atoms with van der Waals surface area (Å²) in [5.74, 6) is -0.120. The molecule has 2 aliphatic heterocycles. The van der Waals surface area contributed by atoms with Gasteiger partial charge in [0.05, 0.1) is 31.6 Å². The van der Waals surface area contributed by atoms with Crippen molar-refractivity contribution in [2.75, 3.05) is 25.1 Å². The zero-order valence-corrected chi connectivity index (χ0v) is 20.3. The van der Waals surface area contributed by atoms with Gasteiger partial charge in [-0.2, -0.15) is 5.10 Å². The summed E-state index contributed by atoms with van der Waals surface area (Å²) in [6.45, 7) is 11.0. The molecule has 0 radical (unpaired) electrons. The third-order valence-corrected chi connectivity index (χ3v) is 6.97. The number of anilines is 1. The lowest BCUT2D eigenvalue weighted by atomic mass is 9.92. The van der Waals surface area contributed by atoms with E-state index in [0.717, 1.165) is 48.7 Å². The molecule has 1 saturated heterocycles. The average molecular weight is 490 g/mol. The minimum Gasteiger partial charge on any atom is -0.453 e. The highest BCUT2D eigenvalue weighted by Crippen LogP contribution is 2.45. The van der Waals surface area contributed by atoms with E-state index in [1.165, 1.54) is 19.2 Å². The number of methoxy groups -OCH3 is 1. The van der Waals surface area contributed by atoms with Gasteiger partial charge in [0, 0.05) is 28.9 Å². The fraction of sp³-hybridized carbons (Fsp3) is 0.370. The van der Waals surface area contributed by atoms with Crippen LogP contribution in [0.4, 0.5) is 20.6 Å². The maximum absolute atomic E-state index is 14.9. The molecule has 1 fully saturated rings. The summed E-state index contributed by atoms with van der Waals surface area (Å²) in [5, 5.41) is 8.00. The minimum atomic E-state index is -0.619. The predicted octanol–water partition coefficient (Wildman–Crippen LogP) is 5.86. The van der Waals surface area contributed by atoms with Crippen LogP contribution in [-0.2, 0) is 11.2 Å². The number of halogens is 1. The van der Waals surface area contributed by atoms with Crippen molar-refractivity contribution in [3.63, 3.8) is 0 Å². The number of carbonyl (C=O) groups excluding carboxylic acids is 1. The number of amides is 1. The first-order valence-corrected chi connectivity index (χ1v) is 12.1. The van der Waals surface area contributed by atoms with E-state index in [9.17, 15) is 9.18 Å². The number of fused-ring (bicyclic) bond motifs is 1. The quantitative estimate of drug-likeness (QED) is 0.465. The Hall–Kier alpha value is -3.90. The van der Waals surface area contributed by atoms with E-state index in [2.05, 4.69) is 15.3 Å². The normalized spacial score (nSPS) is 17.8. The lowest BCUT2D eigenvalue weighted by molar-refractivity contribution is 0.175. The second-order valence-corrected chi connectivity index (χ2v) is 9.19. The molecule has 0 aliphatic carbocycles. The molecule has 3 aromatic rings.